The van der Waals surface area contributed by atoms with Gasteiger partial charge in [-0.15, -0.1) is 0 Å². The summed E-state index contributed by atoms with van der Waals surface area (Å²) in [5, 5.41) is 16.9. The molecule has 0 aromatic heterocycles. The molecule has 0 unspecified atom stereocenters. The number of ether oxygens (including phenoxy) is 2. The molecule has 7 nitrogen and oxygen atoms in total. The molecular formula is C20H22ClN3O4S. The normalized spacial score (nSPS) is 10.6. The zero-order valence-electron chi connectivity index (χ0n) is 16.1. The molecule has 0 aliphatic carbocycles. The van der Waals surface area contributed by atoms with Crippen molar-refractivity contribution >= 4 is 41.1 Å². The van der Waals surface area contributed by atoms with Gasteiger partial charge in [0.2, 0.25) is 0 Å². The first-order valence-corrected chi connectivity index (χ1v) is 9.71. The van der Waals surface area contributed by atoms with Crippen LogP contribution in [0.4, 0.5) is 0 Å². The van der Waals surface area contributed by atoms with Crippen LogP contribution in [0.1, 0.15) is 35.3 Å². The molecule has 0 heterocycles. The standard InChI is InChI=1S/C20H22ClN3O4S/c1-3-22-20(29)24-23-11-14-9-16(21)18(17(10-14)27-4-2)28-12-13-6-5-7-15(8-13)19(25)26/h5-11H,3-4,12H2,1-2H3,(H,25,26)(H2,22,24,29). The number of nitrogens with zero attached hydrogens (tertiary/aromatic N) is 1. The first kappa shape index (κ1) is 22.4. The van der Waals surface area contributed by atoms with Gasteiger partial charge >= 0.3 is 5.97 Å². The van der Waals surface area contributed by atoms with Gasteiger partial charge in [-0.2, -0.15) is 5.10 Å². The number of thiocarbonyl (C=S) groups is 1. The van der Waals surface area contributed by atoms with Gasteiger partial charge in [-0.3, -0.25) is 5.43 Å². The Labute approximate surface area is 179 Å². The van der Waals surface area contributed by atoms with E-state index in [1.807, 2.05) is 13.8 Å². The molecule has 0 aliphatic heterocycles. The summed E-state index contributed by atoms with van der Waals surface area (Å²) < 4.78 is 11.5. The zero-order valence-corrected chi connectivity index (χ0v) is 17.6. The van der Waals surface area contributed by atoms with Crippen LogP contribution in [0.5, 0.6) is 11.5 Å². The Morgan fingerprint density at radius 2 is 2.07 bits per heavy atom. The lowest BCUT2D eigenvalue weighted by Gasteiger charge is -2.14. The van der Waals surface area contributed by atoms with Crippen LogP contribution in [-0.2, 0) is 6.61 Å². The van der Waals surface area contributed by atoms with E-state index < -0.39 is 5.97 Å². The van der Waals surface area contributed by atoms with Crippen LogP contribution in [0.15, 0.2) is 41.5 Å². The van der Waals surface area contributed by atoms with Gasteiger partial charge in [0, 0.05) is 6.54 Å². The maximum Gasteiger partial charge on any atom is 0.335 e. The zero-order chi connectivity index (χ0) is 21.2. The molecule has 2 aromatic rings. The van der Waals surface area contributed by atoms with E-state index in [2.05, 4.69) is 15.8 Å². The fraction of sp³-hybridized carbons (Fsp3) is 0.250. The van der Waals surface area contributed by atoms with Gasteiger partial charge in [0.05, 0.1) is 23.4 Å². The molecule has 154 valence electrons. The molecule has 9 heteroatoms. The molecule has 0 saturated carbocycles. The van der Waals surface area contributed by atoms with Gasteiger partial charge in [-0.05, 0) is 61.5 Å². The third-order valence-corrected chi connectivity index (χ3v) is 4.12. The van der Waals surface area contributed by atoms with E-state index in [0.29, 0.717) is 45.9 Å². The summed E-state index contributed by atoms with van der Waals surface area (Å²) in [6.07, 6.45) is 1.57. The van der Waals surface area contributed by atoms with Crippen molar-refractivity contribution in [1.82, 2.24) is 10.7 Å². The third kappa shape index (κ3) is 6.92. The number of carboxylic acid groups (broad SMARTS) is 1. The summed E-state index contributed by atoms with van der Waals surface area (Å²) in [7, 11) is 0. The summed E-state index contributed by atoms with van der Waals surface area (Å²) in [4.78, 5) is 11.1. The molecular weight excluding hydrogens is 414 g/mol. The number of hydrogen-bond acceptors (Lipinski definition) is 5. The molecule has 0 radical (unpaired) electrons. The number of rotatable bonds is 9. The van der Waals surface area contributed by atoms with E-state index in [9.17, 15) is 4.79 Å². The van der Waals surface area contributed by atoms with Crippen molar-refractivity contribution in [3.63, 3.8) is 0 Å². The highest BCUT2D eigenvalue weighted by molar-refractivity contribution is 7.80. The second-order valence-corrected chi connectivity index (χ2v) is 6.60. The Kier molecular flexibility index (Phi) is 8.69. The first-order valence-electron chi connectivity index (χ1n) is 8.92. The molecule has 0 fully saturated rings. The van der Waals surface area contributed by atoms with Gasteiger partial charge in [0.1, 0.15) is 6.61 Å². The van der Waals surface area contributed by atoms with Crippen LogP contribution in [0.2, 0.25) is 5.02 Å². The van der Waals surface area contributed by atoms with Gasteiger partial charge < -0.3 is 19.9 Å². The Morgan fingerprint density at radius 1 is 1.28 bits per heavy atom. The number of nitrogens with one attached hydrogen (secondary N) is 2. The Balaban J connectivity index is 2.17. The topological polar surface area (TPSA) is 92.2 Å². The molecule has 3 N–H and O–H groups in total. The highest BCUT2D eigenvalue weighted by Gasteiger charge is 2.13. The molecule has 0 bridgehead atoms. The fourth-order valence-electron chi connectivity index (χ4n) is 2.38. The maximum atomic E-state index is 11.1. The van der Waals surface area contributed by atoms with Crippen molar-refractivity contribution < 1.29 is 19.4 Å². The van der Waals surface area contributed by atoms with E-state index in [1.165, 1.54) is 6.07 Å². The Hall–Kier alpha value is -2.84. The van der Waals surface area contributed by atoms with E-state index in [4.69, 9.17) is 38.4 Å². The van der Waals surface area contributed by atoms with Crippen molar-refractivity contribution in [1.29, 1.82) is 0 Å². The molecule has 0 atom stereocenters. The first-order chi connectivity index (χ1) is 13.9. The minimum Gasteiger partial charge on any atom is -0.490 e. The average Bonchev–Trinajstić information content (AvgIpc) is 2.68. The van der Waals surface area contributed by atoms with Gasteiger partial charge in [0.25, 0.3) is 0 Å². The SMILES string of the molecule is CCNC(=S)NN=Cc1cc(Cl)c(OCc2cccc(C(=O)O)c2)c(OCC)c1. The lowest BCUT2D eigenvalue weighted by molar-refractivity contribution is 0.0696. The van der Waals surface area contributed by atoms with E-state index in [-0.39, 0.29) is 12.2 Å². The largest absolute Gasteiger partial charge is 0.490 e. The molecule has 29 heavy (non-hydrogen) atoms. The number of aromatic carboxylic acids is 1. The average molecular weight is 436 g/mol. The second kappa shape index (κ2) is 11.2. The summed E-state index contributed by atoms with van der Waals surface area (Å²) >= 11 is 11.4. The lowest BCUT2D eigenvalue weighted by atomic mass is 10.1. The predicted octanol–water partition coefficient (Wildman–Crippen LogP) is 3.83. The number of carbonyl (C=O) groups is 1. The quantitative estimate of drug-likeness (QED) is 0.313. The maximum absolute atomic E-state index is 11.1. The second-order valence-electron chi connectivity index (χ2n) is 5.79. The molecule has 0 aliphatic rings. The van der Waals surface area contributed by atoms with E-state index in [0.717, 1.165) is 0 Å². The highest BCUT2D eigenvalue weighted by Crippen LogP contribution is 2.37. The monoisotopic (exact) mass is 435 g/mol. The van der Waals surface area contributed by atoms with E-state index >= 15 is 0 Å². The van der Waals surface area contributed by atoms with Crippen molar-refractivity contribution in [2.45, 2.75) is 20.5 Å². The predicted molar refractivity (Wildman–Crippen MR) is 117 cm³/mol. The van der Waals surface area contributed by atoms with Crippen LogP contribution in [0.25, 0.3) is 0 Å². The van der Waals surface area contributed by atoms with Gasteiger partial charge in [0.15, 0.2) is 16.6 Å². The Bertz CT molecular complexity index is 905. The number of carboxylic acids is 1. The summed E-state index contributed by atoms with van der Waals surface area (Å²) in [6, 6.07) is 9.96. The number of benzene rings is 2. The van der Waals surface area contributed by atoms with E-state index in [1.54, 1.807) is 36.5 Å². The summed E-state index contributed by atoms with van der Waals surface area (Å²) in [5.41, 5.74) is 4.30. The van der Waals surface area contributed by atoms with Crippen molar-refractivity contribution in [2.75, 3.05) is 13.2 Å². The van der Waals surface area contributed by atoms with Crippen molar-refractivity contribution in [3.8, 4) is 11.5 Å². The third-order valence-electron chi connectivity index (χ3n) is 3.61. The smallest absolute Gasteiger partial charge is 0.335 e. The summed E-state index contributed by atoms with van der Waals surface area (Å²) in [6.45, 7) is 5.05. The van der Waals surface area contributed by atoms with Crippen molar-refractivity contribution in [3.05, 3.63) is 58.1 Å². The molecule has 2 rings (SSSR count). The lowest BCUT2D eigenvalue weighted by Crippen LogP contribution is -2.31. The van der Waals surface area contributed by atoms with Crippen LogP contribution in [0.3, 0.4) is 0 Å². The molecule has 0 saturated heterocycles. The van der Waals surface area contributed by atoms with Crippen LogP contribution in [0, 0.1) is 0 Å². The van der Waals surface area contributed by atoms with Gasteiger partial charge in [-0.25, -0.2) is 4.79 Å². The number of halogens is 1. The molecule has 0 spiro atoms. The van der Waals surface area contributed by atoms with Crippen molar-refractivity contribution in [2.24, 2.45) is 5.10 Å². The van der Waals surface area contributed by atoms with Crippen LogP contribution >= 0.6 is 23.8 Å². The molecule has 2 aromatic carbocycles. The van der Waals surface area contributed by atoms with Crippen LogP contribution in [-0.4, -0.2) is 35.6 Å². The number of hydrogen-bond donors (Lipinski definition) is 3. The van der Waals surface area contributed by atoms with Gasteiger partial charge in [-0.1, -0.05) is 23.7 Å². The summed E-state index contributed by atoms with van der Waals surface area (Å²) in [5.74, 6) is -0.154. The highest BCUT2D eigenvalue weighted by atomic mass is 35.5. The minimum atomic E-state index is -0.995. The molecule has 0 amide bonds. The fourth-order valence-corrected chi connectivity index (χ4v) is 2.85. The Morgan fingerprint density at radius 3 is 2.76 bits per heavy atom. The number of hydrazone groups is 1. The van der Waals surface area contributed by atoms with Crippen LogP contribution < -0.4 is 20.2 Å². The minimum absolute atomic E-state index is 0.146.